The summed E-state index contributed by atoms with van der Waals surface area (Å²) in [5.74, 6) is -2.09. The topological polar surface area (TPSA) is 40.5 Å². The number of likely N-dealkylation sites (tertiary alicyclic amines) is 1. The standard InChI is InChI=1S/C14H17F2NO2/c1-9-3-2-4-17(13(9)14(18)19)8-10-5-11(15)7-12(16)6-10/h5-7,9,13H,2-4,8H2,1H3,(H,18,19). The highest BCUT2D eigenvalue weighted by molar-refractivity contribution is 5.74. The summed E-state index contributed by atoms with van der Waals surface area (Å²) < 4.78 is 26.3. The molecule has 1 heterocycles. The number of rotatable bonds is 3. The fourth-order valence-corrected chi connectivity index (χ4v) is 2.79. The van der Waals surface area contributed by atoms with Crippen molar-refractivity contribution >= 4 is 5.97 Å². The van der Waals surface area contributed by atoms with Gasteiger partial charge in [-0.2, -0.15) is 0 Å². The van der Waals surface area contributed by atoms with Crippen LogP contribution in [-0.2, 0) is 11.3 Å². The van der Waals surface area contributed by atoms with Gasteiger partial charge in [0.2, 0.25) is 0 Å². The van der Waals surface area contributed by atoms with Gasteiger partial charge < -0.3 is 5.11 Å². The number of benzene rings is 1. The van der Waals surface area contributed by atoms with Gasteiger partial charge in [0, 0.05) is 12.6 Å². The van der Waals surface area contributed by atoms with Gasteiger partial charge in [0.25, 0.3) is 0 Å². The molecule has 104 valence electrons. The summed E-state index contributed by atoms with van der Waals surface area (Å²) in [6.45, 7) is 2.80. The van der Waals surface area contributed by atoms with Crippen molar-refractivity contribution in [1.29, 1.82) is 0 Å². The van der Waals surface area contributed by atoms with E-state index in [9.17, 15) is 18.7 Å². The Morgan fingerprint density at radius 3 is 2.58 bits per heavy atom. The minimum Gasteiger partial charge on any atom is -0.480 e. The average Bonchev–Trinajstić information content (AvgIpc) is 2.26. The molecule has 0 spiro atoms. The molecule has 1 aliphatic heterocycles. The number of halogens is 2. The van der Waals surface area contributed by atoms with Crippen LogP contribution in [0.3, 0.4) is 0 Å². The first-order chi connectivity index (χ1) is 8.97. The van der Waals surface area contributed by atoms with E-state index in [1.165, 1.54) is 12.1 Å². The maximum absolute atomic E-state index is 13.1. The second-order valence-electron chi connectivity index (χ2n) is 5.15. The third-order valence-corrected chi connectivity index (χ3v) is 3.60. The van der Waals surface area contributed by atoms with E-state index >= 15 is 0 Å². The SMILES string of the molecule is CC1CCCN(Cc2cc(F)cc(F)c2)C1C(=O)O. The maximum Gasteiger partial charge on any atom is 0.321 e. The molecule has 0 aliphatic carbocycles. The van der Waals surface area contributed by atoms with Crippen molar-refractivity contribution in [1.82, 2.24) is 4.90 Å². The van der Waals surface area contributed by atoms with E-state index < -0.39 is 23.6 Å². The number of carbonyl (C=O) groups is 1. The van der Waals surface area contributed by atoms with Crippen LogP contribution in [0.25, 0.3) is 0 Å². The summed E-state index contributed by atoms with van der Waals surface area (Å²) in [6, 6.07) is 2.74. The summed E-state index contributed by atoms with van der Waals surface area (Å²) in [4.78, 5) is 13.1. The largest absolute Gasteiger partial charge is 0.480 e. The molecule has 3 nitrogen and oxygen atoms in total. The van der Waals surface area contributed by atoms with E-state index in [-0.39, 0.29) is 12.5 Å². The summed E-state index contributed by atoms with van der Waals surface area (Å²) in [6.07, 6.45) is 1.77. The minimum absolute atomic E-state index is 0.0460. The smallest absolute Gasteiger partial charge is 0.321 e. The third kappa shape index (κ3) is 3.29. The molecule has 1 fully saturated rings. The normalized spacial score (nSPS) is 24.4. The molecular weight excluding hydrogens is 252 g/mol. The monoisotopic (exact) mass is 269 g/mol. The van der Waals surface area contributed by atoms with Crippen LogP contribution in [0, 0.1) is 17.6 Å². The summed E-state index contributed by atoms with van der Waals surface area (Å²) >= 11 is 0. The van der Waals surface area contributed by atoms with E-state index in [0.717, 1.165) is 18.9 Å². The first-order valence-corrected chi connectivity index (χ1v) is 6.39. The predicted octanol–water partition coefficient (Wildman–Crippen LogP) is 2.65. The molecule has 2 unspecified atom stereocenters. The first-order valence-electron chi connectivity index (χ1n) is 6.39. The zero-order chi connectivity index (χ0) is 14.0. The fraction of sp³-hybridized carbons (Fsp3) is 0.500. The van der Waals surface area contributed by atoms with Gasteiger partial charge in [-0.15, -0.1) is 0 Å². The third-order valence-electron chi connectivity index (χ3n) is 3.60. The molecule has 0 radical (unpaired) electrons. The number of nitrogens with zero attached hydrogens (tertiary/aromatic N) is 1. The van der Waals surface area contributed by atoms with Crippen molar-refractivity contribution in [2.75, 3.05) is 6.54 Å². The van der Waals surface area contributed by atoms with Crippen molar-refractivity contribution < 1.29 is 18.7 Å². The van der Waals surface area contributed by atoms with Crippen LogP contribution in [0.4, 0.5) is 8.78 Å². The lowest BCUT2D eigenvalue weighted by atomic mass is 9.90. The van der Waals surface area contributed by atoms with Crippen LogP contribution < -0.4 is 0 Å². The van der Waals surface area contributed by atoms with E-state index in [0.29, 0.717) is 12.1 Å². The van der Waals surface area contributed by atoms with Gasteiger partial charge in [-0.3, -0.25) is 9.69 Å². The van der Waals surface area contributed by atoms with Crippen molar-refractivity contribution in [3.8, 4) is 0 Å². The molecule has 1 N–H and O–H groups in total. The zero-order valence-electron chi connectivity index (χ0n) is 10.8. The van der Waals surface area contributed by atoms with Gasteiger partial charge in [-0.25, -0.2) is 8.78 Å². The highest BCUT2D eigenvalue weighted by Gasteiger charge is 2.34. The maximum atomic E-state index is 13.1. The Morgan fingerprint density at radius 1 is 1.37 bits per heavy atom. The van der Waals surface area contributed by atoms with Crippen molar-refractivity contribution in [3.05, 3.63) is 35.4 Å². The molecular formula is C14H17F2NO2. The molecule has 1 saturated heterocycles. The van der Waals surface area contributed by atoms with E-state index in [1.807, 2.05) is 6.92 Å². The molecule has 2 rings (SSSR count). The second kappa shape index (κ2) is 5.65. The number of carboxylic acid groups (broad SMARTS) is 1. The van der Waals surface area contributed by atoms with Gasteiger partial charge in [-0.05, 0) is 43.0 Å². The van der Waals surface area contributed by atoms with Crippen molar-refractivity contribution in [2.45, 2.75) is 32.4 Å². The van der Waals surface area contributed by atoms with Crippen LogP contribution in [0.15, 0.2) is 18.2 Å². The Bertz CT molecular complexity index is 458. The molecule has 5 heteroatoms. The quantitative estimate of drug-likeness (QED) is 0.917. The first kappa shape index (κ1) is 13.9. The predicted molar refractivity (Wildman–Crippen MR) is 66.6 cm³/mol. The fourth-order valence-electron chi connectivity index (χ4n) is 2.79. The Morgan fingerprint density at radius 2 is 2.00 bits per heavy atom. The lowest BCUT2D eigenvalue weighted by Gasteiger charge is -2.37. The Labute approximate surface area is 110 Å². The lowest BCUT2D eigenvalue weighted by Crippen LogP contribution is -2.48. The number of piperidine rings is 1. The highest BCUT2D eigenvalue weighted by atomic mass is 19.1. The second-order valence-corrected chi connectivity index (χ2v) is 5.15. The molecule has 0 amide bonds. The van der Waals surface area contributed by atoms with Gasteiger partial charge in [0.15, 0.2) is 0 Å². The molecule has 0 saturated carbocycles. The summed E-state index contributed by atoms with van der Waals surface area (Å²) in [5.41, 5.74) is 0.470. The number of carboxylic acids is 1. The van der Waals surface area contributed by atoms with Crippen molar-refractivity contribution in [2.24, 2.45) is 5.92 Å². The van der Waals surface area contributed by atoms with Gasteiger partial charge >= 0.3 is 5.97 Å². The Balaban J connectivity index is 2.17. The zero-order valence-corrected chi connectivity index (χ0v) is 10.8. The van der Waals surface area contributed by atoms with Crippen molar-refractivity contribution in [3.63, 3.8) is 0 Å². The molecule has 2 atom stereocenters. The summed E-state index contributed by atoms with van der Waals surface area (Å²) in [7, 11) is 0. The molecule has 1 aromatic carbocycles. The molecule has 1 aromatic rings. The lowest BCUT2D eigenvalue weighted by molar-refractivity contribution is -0.147. The van der Waals surface area contributed by atoms with Crippen LogP contribution in [-0.4, -0.2) is 28.6 Å². The summed E-state index contributed by atoms with van der Waals surface area (Å²) in [5, 5.41) is 9.28. The molecule has 19 heavy (non-hydrogen) atoms. The van der Waals surface area contributed by atoms with Gasteiger partial charge in [-0.1, -0.05) is 6.92 Å². The molecule has 0 aromatic heterocycles. The number of hydrogen-bond acceptors (Lipinski definition) is 2. The van der Waals surface area contributed by atoms with Crippen LogP contribution in [0.1, 0.15) is 25.3 Å². The molecule has 1 aliphatic rings. The van der Waals surface area contributed by atoms with E-state index in [2.05, 4.69) is 0 Å². The van der Waals surface area contributed by atoms with Gasteiger partial charge in [0.05, 0.1) is 0 Å². The average molecular weight is 269 g/mol. The van der Waals surface area contributed by atoms with E-state index in [1.54, 1.807) is 4.90 Å². The van der Waals surface area contributed by atoms with Crippen LogP contribution in [0.5, 0.6) is 0 Å². The Kier molecular flexibility index (Phi) is 4.14. The number of hydrogen-bond donors (Lipinski definition) is 1. The van der Waals surface area contributed by atoms with Crippen LogP contribution in [0.2, 0.25) is 0 Å². The minimum atomic E-state index is -0.871. The Hall–Kier alpha value is -1.49. The van der Waals surface area contributed by atoms with Gasteiger partial charge in [0.1, 0.15) is 17.7 Å². The molecule has 0 bridgehead atoms. The van der Waals surface area contributed by atoms with Crippen LogP contribution >= 0.6 is 0 Å². The van der Waals surface area contributed by atoms with E-state index in [4.69, 9.17) is 0 Å². The highest BCUT2D eigenvalue weighted by Crippen LogP contribution is 2.25. The number of aliphatic carboxylic acids is 1.